The van der Waals surface area contributed by atoms with Crippen LogP contribution in [0, 0.1) is 5.41 Å². The molecular weight excluding hydrogens is 338 g/mol. The summed E-state index contributed by atoms with van der Waals surface area (Å²) in [6, 6.07) is 5.03. The van der Waals surface area contributed by atoms with Crippen molar-refractivity contribution in [1.29, 1.82) is 0 Å². The minimum Gasteiger partial charge on any atom is -0.355 e. The molecule has 2 N–H and O–H groups in total. The predicted octanol–water partition coefficient (Wildman–Crippen LogP) is 2.43. The summed E-state index contributed by atoms with van der Waals surface area (Å²) < 4.78 is 0. The highest BCUT2D eigenvalue weighted by Crippen LogP contribution is 2.46. The predicted molar refractivity (Wildman–Crippen MR) is 106 cm³/mol. The number of amides is 1. The van der Waals surface area contributed by atoms with Crippen LogP contribution in [0.4, 0.5) is 5.82 Å². The molecule has 0 aromatic carbocycles. The second-order valence-electron chi connectivity index (χ2n) is 8.66. The van der Waals surface area contributed by atoms with E-state index in [4.69, 9.17) is 0 Å². The molecule has 2 bridgehead atoms. The van der Waals surface area contributed by atoms with Crippen molar-refractivity contribution in [3.05, 3.63) is 30.0 Å². The van der Waals surface area contributed by atoms with Crippen LogP contribution in [0.3, 0.4) is 0 Å². The number of allylic oxidation sites excluding steroid dienone is 2. The SMILES string of the molecule is CC(C)=CC[C@@]1(C(=O)NC2CCN(c3cccnn3)CC2)C[C@@H]2CC[C@H]1N2. The van der Waals surface area contributed by atoms with E-state index in [1.807, 2.05) is 12.1 Å². The van der Waals surface area contributed by atoms with E-state index in [0.29, 0.717) is 12.1 Å². The zero-order valence-electron chi connectivity index (χ0n) is 16.4. The number of nitrogens with one attached hydrogen (secondary N) is 2. The summed E-state index contributed by atoms with van der Waals surface area (Å²) in [6.45, 7) is 6.06. The van der Waals surface area contributed by atoms with Crippen LogP contribution in [0.15, 0.2) is 30.0 Å². The zero-order chi connectivity index (χ0) is 18.9. The first-order valence-corrected chi connectivity index (χ1v) is 10.3. The summed E-state index contributed by atoms with van der Waals surface area (Å²) in [5, 5.41) is 15.3. The number of hydrogen-bond acceptors (Lipinski definition) is 5. The summed E-state index contributed by atoms with van der Waals surface area (Å²) >= 11 is 0. The number of aromatic nitrogens is 2. The van der Waals surface area contributed by atoms with Crippen LogP contribution < -0.4 is 15.5 Å². The number of nitrogens with zero attached hydrogens (tertiary/aromatic N) is 3. The first-order valence-electron chi connectivity index (χ1n) is 10.3. The van der Waals surface area contributed by atoms with E-state index in [1.165, 1.54) is 12.0 Å². The van der Waals surface area contributed by atoms with Gasteiger partial charge in [0.25, 0.3) is 0 Å². The minimum atomic E-state index is -0.262. The maximum Gasteiger partial charge on any atom is 0.228 e. The molecule has 27 heavy (non-hydrogen) atoms. The molecule has 0 unspecified atom stereocenters. The highest BCUT2D eigenvalue weighted by Gasteiger charge is 2.54. The average molecular weight is 370 g/mol. The third kappa shape index (κ3) is 3.72. The Balaban J connectivity index is 1.38. The molecule has 3 aliphatic heterocycles. The Bertz CT molecular complexity index is 694. The normalized spacial score (nSPS) is 30.4. The van der Waals surface area contributed by atoms with Gasteiger partial charge in [0.2, 0.25) is 5.91 Å². The average Bonchev–Trinajstić information content (AvgIpc) is 3.29. The largest absolute Gasteiger partial charge is 0.355 e. The van der Waals surface area contributed by atoms with E-state index in [0.717, 1.165) is 51.0 Å². The van der Waals surface area contributed by atoms with Crippen LogP contribution in [0.2, 0.25) is 0 Å². The van der Waals surface area contributed by atoms with E-state index in [1.54, 1.807) is 6.20 Å². The third-order valence-electron chi connectivity index (χ3n) is 6.56. The Morgan fingerprint density at radius 1 is 1.33 bits per heavy atom. The van der Waals surface area contributed by atoms with Crippen LogP contribution in [-0.4, -0.2) is 47.3 Å². The number of piperidine rings is 1. The Labute approximate surface area is 161 Å². The van der Waals surface area contributed by atoms with E-state index in [2.05, 4.69) is 45.7 Å². The highest BCUT2D eigenvalue weighted by atomic mass is 16.2. The fourth-order valence-electron chi connectivity index (χ4n) is 5.00. The highest BCUT2D eigenvalue weighted by molar-refractivity contribution is 5.85. The minimum absolute atomic E-state index is 0.258. The number of rotatable bonds is 5. The lowest BCUT2D eigenvalue weighted by Gasteiger charge is -2.38. The van der Waals surface area contributed by atoms with Gasteiger partial charge in [0.15, 0.2) is 5.82 Å². The van der Waals surface area contributed by atoms with Gasteiger partial charge in [-0.1, -0.05) is 11.6 Å². The molecule has 4 heterocycles. The van der Waals surface area contributed by atoms with Crippen LogP contribution in [0.25, 0.3) is 0 Å². The van der Waals surface area contributed by atoms with Gasteiger partial charge in [0.1, 0.15) is 0 Å². The molecule has 0 radical (unpaired) electrons. The second-order valence-corrected chi connectivity index (χ2v) is 8.66. The van der Waals surface area contributed by atoms with E-state index in [9.17, 15) is 4.79 Å². The van der Waals surface area contributed by atoms with Gasteiger partial charge in [-0.15, -0.1) is 5.10 Å². The monoisotopic (exact) mass is 369 g/mol. The number of anilines is 1. The summed E-state index contributed by atoms with van der Waals surface area (Å²) in [4.78, 5) is 15.6. The summed E-state index contributed by atoms with van der Waals surface area (Å²) in [5.74, 6) is 1.19. The maximum atomic E-state index is 13.4. The third-order valence-corrected chi connectivity index (χ3v) is 6.56. The van der Waals surface area contributed by atoms with Gasteiger partial charge in [-0.25, -0.2) is 0 Å². The van der Waals surface area contributed by atoms with Crippen molar-refractivity contribution in [2.24, 2.45) is 5.41 Å². The van der Waals surface area contributed by atoms with Gasteiger partial charge in [0, 0.05) is 37.4 Å². The standard InChI is InChI=1S/C21H31N5O/c1-15(2)7-10-21(14-17-5-6-18(21)23-17)20(27)24-16-8-12-26(13-9-16)19-4-3-11-22-25-19/h3-4,7,11,16-18,23H,5-6,8-10,12-14H2,1-2H3,(H,24,27)/t17-,18+,21+/m0/s1. The van der Waals surface area contributed by atoms with E-state index >= 15 is 0 Å². The van der Waals surface area contributed by atoms with Crippen LogP contribution in [0.1, 0.15) is 52.4 Å². The van der Waals surface area contributed by atoms with Gasteiger partial charge in [-0.2, -0.15) is 5.10 Å². The molecule has 146 valence electrons. The molecule has 3 saturated heterocycles. The van der Waals surface area contributed by atoms with Crippen molar-refractivity contribution >= 4 is 11.7 Å². The summed E-state index contributed by atoms with van der Waals surface area (Å²) in [5.41, 5.74) is 1.03. The molecule has 0 saturated carbocycles. The quantitative estimate of drug-likeness (QED) is 0.780. The van der Waals surface area contributed by atoms with Crippen LogP contribution in [0.5, 0.6) is 0 Å². The molecule has 3 fully saturated rings. The molecule has 6 heteroatoms. The number of hydrogen-bond donors (Lipinski definition) is 2. The first kappa shape index (κ1) is 18.4. The van der Waals surface area contributed by atoms with Crippen LogP contribution in [-0.2, 0) is 4.79 Å². The van der Waals surface area contributed by atoms with Crippen molar-refractivity contribution in [2.75, 3.05) is 18.0 Å². The van der Waals surface area contributed by atoms with Crippen molar-refractivity contribution in [1.82, 2.24) is 20.8 Å². The molecule has 1 aromatic rings. The molecule has 1 aromatic heterocycles. The van der Waals surface area contributed by atoms with E-state index in [-0.39, 0.29) is 17.4 Å². The summed E-state index contributed by atoms with van der Waals surface area (Å²) in [6.07, 6.45) is 10.0. The lowest BCUT2D eigenvalue weighted by atomic mass is 9.70. The lowest BCUT2D eigenvalue weighted by molar-refractivity contribution is -0.133. The Morgan fingerprint density at radius 3 is 2.74 bits per heavy atom. The fraction of sp³-hybridized carbons (Fsp3) is 0.667. The Kier molecular flexibility index (Phi) is 5.17. The zero-order valence-corrected chi connectivity index (χ0v) is 16.4. The molecule has 1 amide bonds. The van der Waals surface area contributed by atoms with Crippen LogP contribution >= 0.6 is 0 Å². The molecule has 6 nitrogen and oxygen atoms in total. The molecular formula is C21H31N5O. The van der Waals surface area contributed by atoms with Gasteiger partial charge in [-0.05, 0) is 64.5 Å². The Hall–Kier alpha value is -1.95. The fourth-order valence-corrected chi connectivity index (χ4v) is 5.00. The van der Waals surface area contributed by atoms with Gasteiger partial charge < -0.3 is 15.5 Å². The smallest absolute Gasteiger partial charge is 0.228 e. The topological polar surface area (TPSA) is 70.2 Å². The van der Waals surface area contributed by atoms with Crippen molar-refractivity contribution < 1.29 is 4.79 Å². The lowest BCUT2D eigenvalue weighted by Crippen LogP contribution is -2.53. The van der Waals surface area contributed by atoms with Crippen molar-refractivity contribution in [3.8, 4) is 0 Å². The van der Waals surface area contributed by atoms with E-state index < -0.39 is 0 Å². The van der Waals surface area contributed by atoms with Gasteiger partial charge in [0.05, 0.1) is 5.41 Å². The Morgan fingerprint density at radius 2 is 2.15 bits per heavy atom. The second kappa shape index (κ2) is 7.58. The number of carbonyl (C=O) groups is 1. The molecule has 0 aliphatic carbocycles. The number of fused-ring (bicyclic) bond motifs is 2. The van der Waals surface area contributed by atoms with Crippen molar-refractivity contribution in [2.45, 2.75) is 70.5 Å². The van der Waals surface area contributed by atoms with Gasteiger partial charge >= 0.3 is 0 Å². The molecule has 0 spiro atoms. The molecule has 3 atom stereocenters. The number of carbonyl (C=O) groups excluding carboxylic acids is 1. The van der Waals surface area contributed by atoms with Gasteiger partial charge in [-0.3, -0.25) is 4.79 Å². The molecule has 3 aliphatic rings. The summed E-state index contributed by atoms with van der Waals surface area (Å²) in [7, 11) is 0. The van der Waals surface area contributed by atoms with Crippen molar-refractivity contribution in [3.63, 3.8) is 0 Å². The first-order chi connectivity index (χ1) is 13.1. The maximum absolute atomic E-state index is 13.4. The molecule has 4 rings (SSSR count).